The predicted octanol–water partition coefficient (Wildman–Crippen LogP) is -0.467. The third-order valence-electron chi connectivity index (χ3n) is 2.37. The van der Waals surface area contributed by atoms with E-state index >= 15 is 0 Å². The van der Waals surface area contributed by atoms with E-state index in [1.54, 1.807) is 0 Å². The summed E-state index contributed by atoms with van der Waals surface area (Å²) in [6.07, 6.45) is -3.48. The van der Waals surface area contributed by atoms with Crippen LogP contribution >= 0.6 is 0 Å². The van der Waals surface area contributed by atoms with Gasteiger partial charge in [0.1, 0.15) is 0 Å². The van der Waals surface area contributed by atoms with Crippen LogP contribution in [0.15, 0.2) is 0 Å². The Kier molecular flexibility index (Phi) is 4.73. The topological polar surface area (TPSA) is 70.2 Å². The number of hydrogen-bond acceptors (Lipinski definition) is 3. The molecule has 1 heterocycles. The first-order chi connectivity index (χ1) is 7.89. The van der Waals surface area contributed by atoms with Crippen molar-refractivity contribution in [1.29, 1.82) is 0 Å². The van der Waals surface area contributed by atoms with E-state index in [0.717, 1.165) is 25.9 Å². The molecule has 0 bridgehead atoms. The van der Waals surface area contributed by atoms with Crippen LogP contribution < -0.4 is 16.0 Å². The van der Waals surface area contributed by atoms with E-state index in [4.69, 9.17) is 0 Å². The zero-order chi connectivity index (χ0) is 12.9. The molecule has 0 unspecified atom stereocenters. The molecule has 5 nitrogen and oxygen atoms in total. The summed E-state index contributed by atoms with van der Waals surface area (Å²) in [5.41, 5.74) is 0. The van der Waals surface area contributed by atoms with Crippen LogP contribution in [0.3, 0.4) is 0 Å². The lowest BCUT2D eigenvalue weighted by molar-refractivity contribution is -0.173. The SMILES string of the molecule is O=C(CNC(=O)C(F)(F)F)NC1CCNCC1. The minimum Gasteiger partial charge on any atom is -0.352 e. The monoisotopic (exact) mass is 253 g/mol. The highest BCUT2D eigenvalue weighted by Gasteiger charge is 2.38. The maximum Gasteiger partial charge on any atom is 0.471 e. The van der Waals surface area contributed by atoms with Gasteiger partial charge >= 0.3 is 12.1 Å². The molecule has 1 fully saturated rings. The number of nitrogens with one attached hydrogen (secondary N) is 3. The van der Waals surface area contributed by atoms with Gasteiger partial charge in [-0.1, -0.05) is 0 Å². The number of rotatable bonds is 3. The second-order valence-electron chi connectivity index (χ2n) is 3.77. The molecule has 1 saturated heterocycles. The number of carbonyl (C=O) groups is 2. The molecule has 0 aromatic heterocycles. The predicted molar refractivity (Wildman–Crippen MR) is 53.1 cm³/mol. The number of piperidine rings is 1. The van der Waals surface area contributed by atoms with Gasteiger partial charge in [-0.05, 0) is 25.9 Å². The molecule has 0 aliphatic carbocycles. The van der Waals surface area contributed by atoms with Crippen LogP contribution in [0.1, 0.15) is 12.8 Å². The van der Waals surface area contributed by atoms with Gasteiger partial charge in [0.15, 0.2) is 0 Å². The first-order valence-corrected chi connectivity index (χ1v) is 5.24. The molecule has 1 aliphatic rings. The van der Waals surface area contributed by atoms with Crippen LogP contribution in [0.25, 0.3) is 0 Å². The van der Waals surface area contributed by atoms with E-state index in [-0.39, 0.29) is 6.04 Å². The van der Waals surface area contributed by atoms with E-state index in [0.29, 0.717) is 0 Å². The fraction of sp³-hybridized carbons (Fsp3) is 0.778. The van der Waals surface area contributed by atoms with Crippen molar-refractivity contribution in [3.8, 4) is 0 Å². The van der Waals surface area contributed by atoms with Crippen LogP contribution in [0.5, 0.6) is 0 Å². The van der Waals surface area contributed by atoms with Crippen molar-refractivity contribution < 1.29 is 22.8 Å². The van der Waals surface area contributed by atoms with Gasteiger partial charge in [0.2, 0.25) is 5.91 Å². The lowest BCUT2D eigenvalue weighted by atomic mass is 10.1. The Morgan fingerprint density at radius 1 is 1.24 bits per heavy atom. The van der Waals surface area contributed by atoms with E-state index in [1.807, 2.05) is 0 Å². The molecule has 8 heteroatoms. The molecule has 3 N–H and O–H groups in total. The fourth-order valence-electron chi connectivity index (χ4n) is 1.51. The van der Waals surface area contributed by atoms with Crippen molar-refractivity contribution in [2.24, 2.45) is 0 Å². The second-order valence-corrected chi connectivity index (χ2v) is 3.77. The number of amides is 2. The minimum atomic E-state index is -4.95. The maximum absolute atomic E-state index is 11.8. The largest absolute Gasteiger partial charge is 0.471 e. The summed E-state index contributed by atoms with van der Waals surface area (Å²) in [6.45, 7) is 0.877. The summed E-state index contributed by atoms with van der Waals surface area (Å²) in [5, 5.41) is 7.17. The molecular formula is C9H14F3N3O2. The quantitative estimate of drug-likeness (QED) is 0.637. The fourth-order valence-corrected chi connectivity index (χ4v) is 1.51. The first-order valence-electron chi connectivity index (χ1n) is 5.24. The molecular weight excluding hydrogens is 239 g/mol. The summed E-state index contributed by atoms with van der Waals surface area (Å²) >= 11 is 0. The van der Waals surface area contributed by atoms with Crippen LogP contribution in [0.2, 0.25) is 0 Å². The van der Waals surface area contributed by atoms with Crippen molar-refractivity contribution in [3.05, 3.63) is 0 Å². The van der Waals surface area contributed by atoms with Gasteiger partial charge in [0, 0.05) is 6.04 Å². The van der Waals surface area contributed by atoms with E-state index in [2.05, 4.69) is 10.6 Å². The lowest BCUT2D eigenvalue weighted by Crippen LogP contribution is -2.48. The van der Waals surface area contributed by atoms with Gasteiger partial charge in [0.05, 0.1) is 6.54 Å². The first kappa shape index (κ1) is 13.8. The number of hydrogen-bond donors (Lipinski definition) is 3. The molecule has 0 aromatic carbocycles. The summed E-state index contributed by atoms with van der Waals surface area (Å²) in [5.74, 6) is -2.70. The zero-order valence-electron chi connectivity index (χ0n) is 9.06. The van der Waals surface area contributed by atoms with Crippen molar-refractivity contribution in [3.63, 3.8) is 0 Å². The molecule has 0 atom stereocenters. The summed E-state index contributed by atoms with van der Waals surface area (Å²) < 4.78 is 35.4. The molecule has 2 amide bonds. The minimum absolute atomic E-state index is 0.0356. The highest BCUT2D eigenvalue weighted by atomic mass is 19.4. The third kappa shape index (κ3) is 5.03. The Labute approximate surface area is 96.1 Å². The summed E-state index contributed by atoms with van der Waals surface area (Å²) in [4.78, 5) is 21.7. The molecule has 0 aromatic rings. The van der Waals surface area contributed by atoms with Crippen LogP contribution in [-0.4, -0.2) is 43.7 Å². The van der Waals surface area contributed by atoms with E-state index in [1.165, 1.54) is 5.32 Å². The highest BCUT2D eigenvalue weighted by molar-refractivity contribution is 5.87. The van der Waals surface area contributed by atoms with Gasteiger partial charge in [-0.2, -0.15) is 13.2 Å². The van der Waals surface area contributed by atoms with Crippen molar-refractivity contribution in [1.82, 2.24) is 16.0 Å². The molecule has 17 heavy (non-hydrogen) atoms. The Balaban J connectivity index is 2.23. The Hall–Kier alpha value is -1.31. The van der Waals surface area contributed by atoms with Crippen LogP contribution in [0, 0.1) is 0 Å². The number of alkyl halides is 3. The average molecular weight is 253 g/mol. The number of halogens is 3. The normalized spacial score (nSPS) is 17.6. The average Bonchev–Trinajstić information content (AvgIpc) is 2.26. The highest BCUT2D eigenvalue weighted by Crippen LogP contribution is 2.13. The molecule has 1 aliphatic heterocycles. The van der Waals surface area contributed by atoms with Crippen molar-refractivity contribution >= 4 is 11.8 Å². The van der Waals surface area contributed by atoms with E-state index in [9.17, 15) is 22.8 Å². The summed E-state index contributed by atoms with van der Waals surface area (Å²) in [7, 11) is 0. The lowest BCUT2D eigenvalue weighted by Gasteiger charge is -2.23. The standard InChI is InChI=1S/C9H14F3N3O2/c10-9(11,12)8(17)14-5-7(16)15-6-1-3-13-4-2-6/h6,13H,1-5H2,(H,14,17)(H,15,16). The van der Waals surface area contributed by atoms with Gasteiger partial charge < -0.3 is 16.0 Å². The maximum atomic E-state index is 11.8. The second kappa shape index (κ2) is 5.85. The summed E-state index contributed by atoms with van der Waals surface area (Å²) in [6, 6.07) is -0.0356. The molecule has 0 saturated carbocycles. The Morgan fingerprint density at radius 3 is 2.35 bits per heavy atom. The molecule has 98 valence electrons. The van der Waals surface area contributed by atoms with Gasteiger partial charge in [-0.25, -0.2) is 0 Å². The van der Waals surface area contributed by atoms with Crippen molar-refractivity contribution in [2.45, 2.75) is 25.1 Å². The molecule has 0 spiro atoms. The van der Waals surface area contributed by atoms with E-state index < -0.39 is 24.5 Å². The van der Waals surface area contributed by atoms with Gasteiger partial charge in [-0.3, -0.25) is 9.59 Å². The van der Waals surface area contributed by atoms with Crippen molar-refractivity contribution in [2.75, 3.05) is 19.6 Å². The molecule has 1 rings (SSSR count). The Morgan fingerprint density at radius 2 is 1.82 bits per heavy atom. The van der Waals surface area contributed by atoms with Gasteiger partial charge in [-0.15, -0.1) is 0 Å². The van der Waals surface area contributed by atoms with Crippen LogP contribution in [0.4, 0.5) is 13.2 Å². The third-order valence-corrected chi connectivity index (χ3v) is 2.37. The van der Waals surface area contributed by atoms with Crippen LogP contribution in [-0.2, 0) is 9.59 Å². The molecule has 0 radical (unpaired) electrons. The number of carbonyl (C=O) groups excluding carboxylic acids is 2. The zero-order valence-corrected chi connectivity index (χ0v) is 9.06. The Bertz CT molecular complexity index is 288. The smallest absolute Gasteiger partial charge is 0.352 e. The van der Waals surface area contributed by atoms with Gasteiger partial charge in [0.25, 0.3) is 0 Å².